The number of ketones is 1. The van der Waals surface area contributed by atoms with Gasteiger partial charge in [0.05, 0.1) is 0 Å². The van der Waals surface area contributed by atoms with Gasteiger partial charge in [0.2, 0.25) is 0 Å². The second kappa shape index (κ2) is 5.32. The maximum atomic E-state index is 12.0. The van der Waals surface area contributed by atoms with Crippen molar-refractivity contribution in [3.63, 3.8) is 0 Å². The van der Waals surface area contributed by atoms with E-state index in [2.05, 4.69) is 0 Å². The first-order valence-electron chi connectivity index (χ1n) is 5.80. The van der Waals surface area contributed by atoms with Crippen molar-refractivity contribution in [1.82, 2.24) is 0 Å². The highest BCUT2D eigenvalue weighted by Gasteiger charge is 2.04. The molecule has 0 unspecified atom stereocenters. The molecule has 0 saturated carbocycles. The number of carbonyl (C=O) groups excluding carboxylic acids is 1. The van der Waals surface area contributed by atoms with Gasteiger partial charge in [0.1, 0.15) is 0 Å². The Balaban J connectivity index is 2.26. The first kappa shape index (κ1) is 12.1. The minimum Gasteiger partial charge on any atom is -0.398 e. The van der Waals surface area contributed by atoms with Crippen LogP contribution in [-0.2, 0) is 0 Å². The molecule has 0 aliphatic heterocycles. The van der Waals surface area contributed by atoms with E-state index in [9.17, 15) is 4.79 Å². The van der Waals surface area contributed by atoms with Crippen LogP contribution in [0.5, 0.6) is 0 Å². The van der Waals surface area contributed by atoms with E-state index < -0.39 is 0 Å². The van der Waals surface area contributed by atoms with Gasteiger partial charge in [0.15, 0.2) is 5.78 Å². The average molecular weight is 237 g/mol. The molecule has 0 saturated heterocycles. The molecule has 18 heavy (non-hydrogen) atoms. The molecule has 2 N–H and O–H groups in total. The largest absolute Gasteiger partial charge is 0.398 e. The zero-order chi connectivity index (χ0) is 13.0. The number of carbonyl (C=O) groups is 1. The van der Waals surface area contributed by atoms with Crippen LogP contribution in [0.2, 0.25) is 0 Å². The van der Waals surface area contributed by atoms with Gasteiger partial charge in [-0.2, -0.15) is 0 Å². The molecule has 0 aliphatic carbocycles. The van der Waals surface area contributed by atoms with Gasteiger partial charge in [0, 0.05) is 17.3 Å². The number of aryl methyl sites for hydroxylation is 1. The van der Waals surface area contributed by atoms with Crippen molar-refractivity contribution in [3.8, 4) is 0 Å². The topological polar surface area (TPSA) is 43.1 Å². The van der Waals surface area contributed by atoms with Crippen LogP contribution in [0.15, 0.2) is 60.7 Å². The number of benzene rings is 2. The van der Waals surface area contributed by atoms with Gasteiger partial charge in [-0.05, 0) is 18.6 Å². The molecule has 0 fully saturated rings. The molecule has 2 aromatic carbocycles. The summed E-state index contributed by atoms with van der Waals surface area (Å²) in [6.07, 6.45) is 1.48. The van der Waals surface area contributed by atoms with E-state index >= 15 is 0 Å². The maximum Gasteiger partial charge on any atom is 0.187 e. The molecule has 2 aromatic rings. The minimum atomic E-state index is -0.0744. The van der Waals surface area contributed by atoms with E-state index in [0.29, 0.717) is 11.3 Å². The molecule has 0 spiro atoms. The summed E-state index contributed by atoms with van der Waals surface area (Å²) in [7, 11) is 0. The van der Waals surface area contributed by atoms with Gasteiger partial charge in [-0.3, -0.25) is 4.79 Å². The van der Waals surface area contributed by atoms with E-state index in [4.69, 9.17) is 5.73 Å². The van der Waals surface area contributed by atoms with Crippen molar-refractivity contribution in [1.29, 1.82) is 0 Å². The van der Waals surface area contributed by atoms with Crippen molar-refractivity contribution in [2.45, 2.75) is 6.92 Å². The Morgan fingerprint density at radius 2 is 1.67 bits per heavy atom. The molecule has 0 heterocycles. The van der Waals surface area contributed by atoms with Crippen LogP contribution in [0.25, 0.3) is 5.70 Å². The standard InChI is InChI=1S/C16H15NO/c1-12-6-5-9-14(10-12)15(17)11-16(18)13-7-3-2-4-8-13/h2-11H,17H2,1H3/b15-11-. The third-order valence-corrected chi connectivity index (χ3v) is 2.70. The lowest BCUT2D eigenvalue weighted by Gasteiger charge is -2.03. The third kappa shape index (κ3) is 2.86. The molecule has 0 amide bonds. The van der Waals surface area contributed by atoms with Crippen molar-refractivity contribution >= 4 is 11.5 Å². The van der Waals surface area contributed by atoms with Crippen LogP contribution in [0.1, 0.15) is 21.5 Å². The summed E-state index contributed by atoms with van der Waals surface area (Å²) in [6.45, 7) is 2.00. The molecule has 2 heteroatoms. The van der Waals surface area contributed by atoms with Crippen LogP contribution in [0, 0.1) is 6.92 Å². The van der Waals surface area contributed by atoms with Gasteiger partial charge < -0.3 is 5.73 Å². The summed E-state index contributed by atoms with van der Waals surface area (Å²) >= 11 is 0. The Bertz CT molecular complexity index is 585. The Morgan fingerprint density at radius 3 is 2.33 bits per heavy atom. The molecule has 0 atom stereocenters. The zero-order valence-corrected chi connectivity index (χ0v) is 10.3. The predicted molar refractivity (Wildman–Crippen MR) is 74.1 cm³/mol. The van der Waals surface area contributed by atoms with Gasteiger partial charge in [-0.25, -0.2) is 0 Å². The predicted octanol–water partition coefficient (Wildman–Crippen LogP) is 3.18. The van der Waals surface area contributed by atoms with Crippen molar-refractivity contribution in [3.05, 3.63) is 77.4 Å². The first-order chi connectivity index (χ1) is 8.66. The smallest absolute Gasteiger partial charge is 0.187 e. The second-order valence-electron chi connectivity index (χ2n) is 4.20. The molecular formula is C16H15NO. The number of hydrogen-bond acceptors (Lipinski definition) is 2. The summed E-state index contributed by atoms with van der Waals surface area (Å²) in [5.41, 5.74) is 9.08. The van der Waals surface area contributed by atoms with E-state index in [1.165, 1.54) is 6.08 Å². The fraction of sp³-hybridized carbons (Fsp3) is 0.0625. The molecule has 0 aromatic heterocycles. The molecule has 2 nitrogen and oxygen atoms in total. The van der Waals surface area contributed by atoms with E-state index in [-0.39, 0.29) is 5.78 Å². The lowest BCUT2D eigenvalue weighted by molar-refractivity contribution is 0.104. The second-order valence-corrected chi connectivity index (χ2v) is 4.20. The van der Waals surface area contributed by atoms with Crippen LogP contribution in [0.3, 0.4) is 0 Å². The van der Waals surface area contributed by atoms with Gasteiger partial charge in [-0.15, -0.1) is 0 Å². The lowest BCUT2D eigenvalue weighted by atomic mass is 10.1. The Hall–Kier alpha value is -2.35. The highest BCUT2D eigenvalue weighted by atomic mass is 16.1. The van der Waals surface area contributed by atoms with E-state index in [0.717, 1.165) is 11.1 Å². The minimum absolute atomic E-state index is 0.0744. The molecular weight excluding hydrogens is 222 g/mol. The maximum absolute atomic E-state index is 12.0. The summed E-state index contributed by atoms with van der Waals surface area (Å²) in [5.74, 6) is -0.0744. The van der Waals surface area contributed by atoms with Crippen LogP contribution in [0.4, 0.5) is 0 Å². The highest BCUT2D eigenvalue weighted by molar-refractivity contribution is 6.08. The fourth-order valence-corrected chi connectivity index (χ4v) is 1.73. The fourth-order valence-electron chi connectivity index (χ4n) is 1.73. The number of hydrogen-bond donors (Lipinski definition) is 1. The van der Waals surface area contributed by atoms with Crippen molar-refractivity contribution < 1.29 is 4.79 Å². The van der Waals surface area contributed by atoms with E-state index in [1.54, 1.807) is 12.1 Å². The van der Waals surface area contributed by atoms with Crippen molar-refractivity contribution in [2.24, 2.45) is 5.73 Å². The van der Waals surface area contributed by atoms with Crippen molar-refractivity contribution in [2.75, 3.05) is 0 Å². The SMILES string of the molecule is Cc1cccc(/C(N)=C/C(=O)c2ccccc2)c1. The Morgan fingerprint density at radius 1 is 1.00 bits per heavy atom. The number of rotatable bonds is 3. The average Bonchev–Trinajstić information content (AvgIpc) is 2.39. The van der Waals surface area contributed by atoms with E-state index in [1.807, 2.05) is 49.4 Å². The first-order valence-corrected chi connectivity index (χ1v) is 5.80. The third-order valence-electron chi connectivity index (χ3n) is 2.70. The lowest BCUT2D eigenvalue weighted by Crippen LogP contribution is -2.02. The van der Waals surface area contributed by atoms with Gasteiger partial charge in [-0.1, -0.05) is 54.1 Å². The molecule has 90 valence electrons. The Labute approximate surface area is 107 Å². The molecule has 0 bridgehead atoms. The highest BCUT2D eigenvalue weighted by Crippen LogP contribution is 2.12. The summed E-state index contributed by atoms with van der Waals surface area (Å²) < 4.78 is 0. The summed E-state index contributed by atoms with van der Waals surface area (Å²) in [4.78, 5) is 12.0. The zero-order valence-electron chi connectivity index (χ0n) is 10.3. The van der Waals surface area contributed by atoms with Gasteiger partial charge in [0.25, 0.3) is 0 Å². The number of allylic oxidation sites excluding steroid dienone is 1. The van der Waals surface area contributed by atoms with Crippen LogP contribution >= 0.6 is 0 Å². The summed E-state index contributed by atoms with van der Waals surface area (Å²) in [5, 5.41) is 0. The molecule has 2 rings (SSSR count). The summed E-state index contributed by atoms with van der Waals surface area (Å²) in [6, 6.07) is 16.9. The molecule has 0 aliphatic rings. The van der Waals surface area contributed by atoms with Crippen LogP contribution in [-0.4, -0.2) is 5.78 Å². The number of nitrogens with two attached hydrogens (primary N) is 1. The normalized spacial score (nSPS) is 11.3. The Kier molecular flexibility index (Phi) is 3.58. The quantitative estimate of drug-likeness (QED) is 0.658. The monoisotopic (exact) mass is 237 g/mol. The molecule has 0 radical (unpaired) electrons. The van der Waals surface area contributed by atoms with Crippen LogP contribution < -0.4 is 5.73 Å². The van der Waals surface area contributed by atoms with Gasteiger partial charge >= 0.3 is 0 Å².